The topological polar surface area (TPSA) is 152 Å². The fraction of sp³-hybridized carbons (Fsp3) is 0.0667. The van der Waals surface area contributed by atoms with E-state index in [2.05, 4.69) is 10.0 Å². The molecule has 12 heteroatoms. The van der Waals surface area contributed by atoms with E-state index in [1.54, 1.807) is 54.6 Å². The van der Waals surface area contributed by atoms with Crippen molar-refractivity contribution in [2.75, 3.05) is 17.1 Å². The highest BCUT2D eigenvalue weighted by atomic mass is 32.2. The first-order valence-corrected chi connectivity index (χ1v) is 15.2. The Bertz CT molecular complexity index is 1880. The fourth-order valence-corrected chi connectivity index (χ4v) is 5.74. The average Bonchev–Trinajstić information content (AvgIpc) is 2.98. The molecule has 0 aliphatic heterocycles. The number of para-hydroxylation sites is 1. The maximum absolute atomic E-state index is 12.9. The molecular weight excluding hydrogens is 578 g/mol. The molecule has 214 valence electrons. The summed E-state index contributed by atoms with van der Waals surface area (Å²) in [5, 5.41) is 12.2. The summed E-state index contributed by atoms with van der Waals surface area (Å²) in [4.78, 5) is 12.8. The van der Waals surface area contributed by atoms with Crippen LogP contribution in [0.2, 0.25) is 0 Å². The Morgan fingerprint density at radius 3 is 2.07 bits per heavy atom. The van der Waals surface area contributed by atoms with Crippen LogP contribution in [0.1, 0.15) is 11.1 Å². The lowest BCUT2D eigenvalue weighted by molar-refractivity contribution is -0.112. The molecule has 0 spiro atoms. The highest BCUT2D eigenvalue weighted by Crippen LogP contribution is 2.35. The van der Waals surface area contributed by atoms with Gasteiger partial charge in [0.25, 0.3) is 15.9 Å². The van der Waals surface area contributed by atoms with Gasteiger partial charge in [-0.2, -0.15) is 13.7 Å². The summed E-state index contributed by atoms with van der Waals surface area (Å²) in [5.74, 6) is -0.956. The van der Waals surface area contributed by atoms with Gasteiger partial charge in [0.1, 0.15) is 16.5 Å². The number of amides is 1. The Labute approximate surface area is 244 Å². The van der Waals surface area contributed by atoms with Crippen LogP contribution in [-0.2, 0) is 24.9 Å². The van der Waals surface area contributed by atoms with Crippen molar-refractivity contribution in [1.29, 1.82) is 5.26 Å². The predicted octanol–water partition coefficient (Wildman–Crippen LogP) is 5.12. The molecule has 4 aromatic carbocycles. The van der Waals surface area contributed by atoms with Gasteiger partial charge in [-0.1, -0.05) is 48.0 Å². The Hall–Kier alpha value is -5.12. The van der Waals surface area contributed by atoms with Crippen molar-refractivity contribution in [2.45, 2.75) is 16.7 Å². The summed E-state index contributed by atoms with van der Waals surface area (Å²) in [6, 6.07) is 26.0. The van der Waals surface area contributed by atoms with E-state index in [1.165, 1.54) is 55.6 Å². The number of nitrogens with zero attached hydrogens (tertiary/aromatic N) is 1. The van der Waals surface area contributed by atoms with Crippen LogP contribution in [0.25, 0.3) is 6.08 Å². The summed E-state index contributed by atoms with van der Waals surface area (Å²) >= 11 is 0. The number of hydrogen-bond donors (Lipinski definition) is 2. The van der Waals surface area contributed by atoms with Crippen LogP contribution in [0.4, 0.5) is 11.4 Å². The van der Waals surface area contributed by atoms with E-state index in [-0.39, 0.29) is 38.1 Å². The zero-order valence-corrected chi connectivity index (χ0v) is 24.1. The van der Waals surface area contributed by atoms with Crippen LogP contribution in [0.15, 0.2) is 112 Å². The number of carbonyl (C=O) groups is 1. The van der Waals surface area contributed by atoms with Gasteiger partial charge in [-0.15, -0.1) is 0 Å². The van der Waals surface area contributed by atoms with E-state index in [1.807, 2.05) is 6.92 Å². The fourth-order valence-electron chi connectivity index (χ4n) is 3.70. The third-order valence-electron chi connectivity index (χ3n) is 5.85. The van der Waals surface area contributed by atoms with Crippen molar-refractivity contribution >= 4 is 43.5 Å². The summed E-state index contributed by atoms with van der Waals surface area (Å²) < 4.78 is 64.4. The normalized spacial score (nSPS) is 11.7. The Balaban J connectivity index is 1.55. The quantitative estimate of drug-likeness (QED) is 0.144. The van der Waals surface area contributed by atoms with Crippen LogP contribution in [-0.4, -0.2) is 29.9 Å². The van der Waals surface area contributed by atoms with E-state index in [0.29, 0.717) is 5.69 Å². The summed E-state index contributed by atoms with van der Waals surface area (Å²) in [6.07, 6.45) is 1.16. The first-order valence-electron chi connectivity index (χ1n) is 12.3. The first-order chi connectivity index (χ1) is 20.0. The van der Waals surface area contributed by atoms with Crippen molar-refractivity contribution < 1.29 is 30.6 Å². The second kappa shape index (κ2) is 12.6. The number of nitriles is 1. The Kier molecular flexibility index (Phi) is 8.95. The molecule has 1 amide bonds. The molecule has 0 saturated carbocycles. The lowest BCUT2D eigenvalue weighted by Crippen LogP contribution is -2.15. The van der Waals surface area contributed by atoms with Crippen LogP contribution < -0.4 is 19.0 Å². The minimum absolute atomic E-state index is 0.0325. The molecule has 4 aromatic rings. The number of sulfonamides is 1. The summed E-state index contributed by atoms with van der Waals surface area (Å²) in [7, 11) is -6.82. The van der Waals surface area contributed by atoms with E-state index < -0.39 is 26.0 Å². The maximum Gasteiger partial charge on any atom is 0.339 e. The molecule has 0 bridgehead atoms. The molecule has 0 unspecified atom stereocenters. The molecule has 0 atom stereocenters. The van der Waals surface area contributed by atoms with Gasteiger partial charge in [-0.3, -0.25) is 9.52 Å². The zero-order valence-electron chi connectivity index (χ0n) is 22.4. The molecule has 0 heterocycles. The second-order valence-corrected chi connectivity index (χ2v) is 12.1. The standard InChI is InChI=1S/C30H25N3O7S2/c1-21-11-13-25(14-12-21)33-41(35,36)26-17-15-24(16-18-26)32-30(34)23(20-31)19-22-7-6-10-28(39-2)29(22)40-42(37,38)27-8-4-3-5-9-27/h3-19,33H,1-2H3,(H,32,34). The molecule has 10 nitrogen and oxygen atoms in total. The van der Waals surface area contributed by atoms with Gasteiger partial charge in [-0.25, -0.2) is 8.42 Å². The van der Waals surface area contributed by atoms with Gasteiger partial charge >= 0.3 is 10.1 Å². The highest BCUT2D eigenvalue weighted by molar-refractivity contribution is 7.92. The smallest absolute Gasteiger partial charge is 0.339 e. The monoisotopic (exact) mass is 603 g/mol. The number of hydrogen-bond acceptors (Lipinski definition) is 8. The highest BCUT2D eigenvalue weighted by Gasteiger charge is 2.22. The van der Waals surface area contributed by atoms with Gasteiger partial charge in [0.05, 0.1) is 12.0 Å². The van der Waals surface area contributed by atoms with E-state index in [0.717, 1.165) is 11.6 Å². The number of benzene rings is 4. The molecular formula is C30H25N3O7S2. The SMILES string of the molecule is COc1cccc(C=C(C#N)C(=O)Nc2ccc(S(=O)(=O)Nc3ccc(C)cc3)cc2)c1OS(=O)(=O)c1ccccc1. The van der Waals surface area contributed by atoms with Crippen molar-refractivity contribution in [3.05, 3.63) is 114 Å². The van der Waals surface area contributed by atoms with Crippen LogP contribution in [0.5, 0.6) is 11.5 Å². The number of anilines is 2. The average molecular weight is 604 g/mol. The van der Waals surface area contributed by atoms with Gasteiger partial charge in [0.2, 0.25) is 0 Å². The van der Waals surface area contributed by atoms with Gasteiger partial charge in [0, 0.05) is 16.9 Å². The third-order valence-corrected chi connectivity index (χ3v) is 8.48. The van der Waals surface area contributed by atoms with Crippen molar-refractivity contribution in [3.63, 3.8) is 0 Å². The van der Waals surface area contributed by atoms with Crippen LogP contribution in [0, 0.1) is 18.3 Å². The van der Waals surface area contributed by atoms with Gasteiger partial charge in [-0.05, 0) is 67.6 Å². The molecule has 0 radical (unpaired) electrons. The number of ether oxygens (including phenoxy) is 1. The molecule has 42 heavy (non-hydrogen) atoms. The molecule has 2 N–H and O–H groups in total. The molecule has 0 fully saturated rings. The van der Waals surface area contributed by atoms with E-state index in [9.17, 15) is 26.9 Å². The Morgan fingerprint density at radius 1 is 0.810 bits per heavy atom. The number of nitrogens with one attached hydrogen (secondary N) is 2. The number of carbonyl (C=O) groups excluding carboxylic acids is 1. The van der Waals surface area contributed by atoms with Gasteiger partial charge < -0.3 is 14.2 Å². The molecule has 4 rings (SSSR count). The molecule has 0 aliphatic carbocycles. The molecule has 0 aliphatic rings. The third kappa shape index (κ3) is 7.14. The Morgan fingerprint density at radius 2 is 1.45 bits per heavy atom. The number of methoxy groups -OCH3 is 1. The largest absolute Gasteiger partial charge is 0.493 e. The number of aryl methyl sites for hydroxylation is 1. The molecule has 0 aromatic heterocycles. The first kappa shape index (κ1) is 29.9. The predicted molar refractivity (Wildman–Crippen MR) is 158 cm³/mol. The molecule has 0 saturated heterocycles. The van der Waals surface area contributed by atoms with E-state index in [4.69, 9.17) is 8.92 Å². The lowest BCUT2D eigenvalue weighted by Gasteiger charge is -2.13. The van der Waals surface area contributed by atoms with Crippen LogP contribution >= 0.6 is 0 Å². The van der Waals surface area contributed by atoms with Crippen molar-refractivity contribution in [2.24, 2.45) is 0 Å². The summed E-state index contributed by atoms with van der Waals surface area (Å²) in [5.41, 5.74) is 1.34. The summed E-state index contributed by atoms with van der Waals surface area (Å²) in [6.45, 7) is 1.89. The van der Waals surface area contributed by atoms with Crippen molar-refractivity contribution in [1.82, 2.24) is 0 Å². The minimum atomic E-state index is -4.26. The zero-order chi connectivity index (χ0) is 30.3. The van der Waals surface area contributed by atoms with Gasteiger partial charge in [0.15, 0.2) is 11.5 Å². The minimum Gasteiger partial charge on any atom is -0.493 e. The number of rotatable bonds is 10. The van der Waals surface area contributed by atoms with E-state index >= 15 is 0 Å². The van der Waals surface area contributed by atoms with Crippen molar-refractivity contribution in [3.8, 4) is 17.6 Å². The second-order valence-electron chi connectivity index (χ2n) is 8.85. The lowest BCUT2D eigenvalue weighted by atomic mass is 10.1. The maximum atomic E-state index is 12.9. The van der Waals surface area contributed by atoms with Crippen LogP contribution in [0.3, 0.4) is 0 Å².